The van der Waals surface area contributed by atoms with Crippen molar-refractivity contribution in [3.05, 3.63) is 17.5 Å². The van der Waals surface area contributed by atoms with Gasteiger partial charge in [-0.2, -0.15) is 0 Å². The molecule has 0 saturated carbocycles. The van der Waals surface area contributed by atoms with E-state index < -0.39 is 0 Å². The molecule has 0 N–H and O–H groups in total. The van der Waals surface area contributed by atoms with Gasteiger partial charge >= 0.3 is 0 Å². The van der Waals surface area contributed by atoms with Crippen LogP contribution in [-0.2, 0) is 11.2 Å². The van der Waals surface area contributed by atoms with Crippen LogP contribution in [0.3, 0.4) is 0 Å². The number of aromatic nitrogens is 1. The van der Waals surface area contributed by atoms with Crippen molar-refractivity contribution in [1.29, 1.82) is 0 Å². The van der Waals surface area contributed by atoms with Crippen LogP contribution in [0.25, 0.3) is 0 Å². The molecule has 2 rings (SSSR count). The number of rotatable bonds is 7. The fourth-order valence-corrected chi connectivity index (χ4v) is 2.63. The molecule has 1 fully saturated rings. The summed E-state index contributed by atoms with van der Waals surface area (Å²) in [6, 6.07) is 1.78. The van der Waals surface area contributed by atoms with Gasteiger partial charge < -0.3 is 14.2 Å². The monoisotopic (exact) mass is 294 g/mol. The Kier molecular flexibility index (Phi) is 5.79. The van der Waals surface area contributed by atoms with Crippen LogP contribution in [0.5, 0.6) is 0 Å². The molecule has 1 unspecified atom stereocenters. The van der Waals surface area contributed by atoms with Crippen molar-refractivity contribution in [1.82, 2.24) is 10.1 Å². The molecule has 0 bridgehead atoms. The molecule has 1 aromatic rings. The Morgan fingerprint density at radius 1 is 1.57 bits per heavy atom. The Hall–Kier alpha value is -1.36. The minimum atomic E-state index is -0.0458. The third kappa shape index (κ3) is 4.56. The van der Waals surface area contributed by atoms with Crippen molar-refractivity contribution in [3.63, 3.8) is 0 Å². The number of hydrogen-bond acceptors (Lipinski definition) is 4. The van der Waals surface area contributed by atoms with Crippen LogP contribution >= 0.6 is 0 Å². The normalized spacial score (nSPS) is 18.7. The van der Waals surface area contributed by atoms with E-state index in [9.17, 15) is 4.79 Å². The summed E-state index contributed by atoms with van der Waals surface area (Å²) < 4.78 is 10.8. The van der Waals surface area contributed by atoms with Crippen molar-refractivity contribution >= 4 is 5.91 Å². The zero-order valence-electron chi connectivity index (χ0n) is 13.3. The summed E-state index contributed by atoms with van der Waals surface area (Å²) >= 11 is 0. The van der Waals surface area contributed by atoms with Crippen LogP contribution in [0.15, 0.2) is 10.6 Å². The maximum Gasteiger partial charge on any atom is 0.292 e. The molecule has 1 aliphatic rings. The minimum absolute atomic E-state index is 0.0458. The molecule has 0 radical (unpaired) electrons. The van der Waals surface area contributed by atoms with E-state index in [1.807, 2.05) is 4.90 Å². The predicted molar refractivity (Wildman–Crippen MR) is 80.2 cm³/mol. The number of ether oxygens (including phenoxy) is 1. The summed E-state index contributed by atoms with van der Waals surface area (Å²) in [4.78, 5) is 14.2. The second-order valence-corrected chi connectivity index (χ2v) is 6.26. The maximum atomic E-state index is 12.4. The quantitative estimate of drug-likeness (QED) is 0.726. The smallest absolute Gasteiger partial charge is 0.292 e. The molecule has 1 aliphatic heterocycles. The number of carbonyl (C=O) groups is 1. The van der Waals surface area contributed by atoms with Gasteiger partial charge in [-0.3, -0.25) is 4.79 Å². The fourth-order valence-electron chi connectivity index (χ4n) is 2.63. The van der Waals surface area contributed by atoms with Gasteiger partial charge in [-0.25, -0.2) is 0 Å². The van der Waals surface area contributed by atoms with Crippen molar-refractivity contribution in [2.75, 3.05) is 26.3 Å². The van der Waals surface area contributed by atoms with Gasteiger partial charge in [0.2, 0.25) is 5.76 Å². The molecule has 1 atom stereocenters. The molecule has 118 valence electrons. The lowest BCUT2D eigenvalue weighted by Crippen LogP contribution is -2.29. The lowest BCUT2D eigenvalue weighted by Gasteiger charge is -2.14. The number of nitrogens with zero attached hydrogens (tertiary/aromatic N) is 2. The van der Waals surface area contributed by atoms with Crippen molar-refractivity contribution in [3.8, 4) is 0 Å². The molecular formula is C16H26N2O3. The molecule has 1 aromatic heterocycles. The van der Waals surface area contributed by atoms with E-state index in [-0.39, 0.29) is 5.91 Å². The van der Waals surface area contributed by atoms with E-state index in [1.165, 1.54) is 0 Å². The summed E-state index contributed by atoms with van der Waals surface area (Å²) in [5.41, 5.74) is 0.857. The van der Waals surface area contributed by atoms with Gasteiger partial charge in [0, 0.05) is 31.7 Å². The molecular weight excluding hydrogens is 268 g/mol. The third-order valence-electron chi connectivity index (χ3n) is 3.66. The van der Waals surface area contributed by atoms with Crippen LogP contribution < -0.4 is 0 Å². The zero-order chi connectivity index (χ0) is 15.2. The first-order chi connectivity index (χ1) is 10.1. The first kappa shape index (κ1) is 16.0. The average Bonchev–Trinajstić information content (AvgIpc) is 3.07. The highest BCUT2D eigenvalue weighted by atomic mass is 16.5. The number of likely N-dealkylation sites (tertiary alicyclic amines) is 1. The van der Waals surface area contributed by atoms with E-state index in [2.05, 4.69) is 25.9 Å². The highest BCUT2D eigenvalue weighted by Gasteiger charge is 2.29. The number of amides is 1. The molecule has 0 spiro atoms. The van der Waals surface area contributed by atoms with E-state index in [0.29, 0.717) is 17.6 Å². The number of carbonyl (C=O) groups excluding carboxylic acids is 1. The second-order valence-electron chi connectivity index (χ2n) is 6.26. The summed E-state index contributed by atoms with van der Waals surface area (Å²) in [7, 11) is 0. The van der Waals surface area contributed by atoms with E-state index in [4.69, 9.17) is 9.26 Å². The topological polar surface area (TPSA) is 55.6 Å². The average molecular weight is 294 g/mol. The largest absolute Gasteiger partial charge is 0.381 e. The van der Waals surface area contributed by atoms with Gasteiger partial charge in [0.05, 0.1) is 12.3 Å². The van der Waals surface area contributed by atoms with Gasteiger partial charge in [0.1, 0.15) is 0 Å². The second kappa shape index (κ2) is 7.59. The van der Waals surface area contributed by atoms with Crippen LogP contribution in [0.1, 0.15) is 49.9 Å². The molecule has 21 heavy (non-hydrogen) atoms. The maximum absolute atomic E-state index is 12.4. The third-order valence-corrected chi connectivity index (χ3v) is 3.66. The minimum Gasteiger partial charge on any atom is -0.381 e. The van der Waals surface area contributed by atoms with Crippen LogP contribution in [-0.4, -0.2) is 42.3 Å². The predicted octanol–water partition coefficient (Wildman–Crippen LogP) is 2.76. The fraction of sp³-hybridized carbons (Fsp3) is 0.750. The summed E-state index contributed by atoms with van der Waals surface area (Å²) in [5, 5.41) is 3.98. The van der Waals surface area contributed by atoms with Crippen molar-refractivity contribution in [2.45, 2.75) is 40.0 Å². The zero-order valence-corrected chi connectivity index (χ0v) is 13.3. The molecule has 5 nitrogen and oxygen atoms in total. The van der Waals surface area contributed by atoms with Crippen LogP contribution in [0.4, 0.5) is 0 Å². The SMILES string of the molecule is CCCOCC1CCN(C(=O)c2cc(CC(C)C)no2)C1. The van der Waals surface area contributed by atoms with Crippen molar-refractivity contribution in [2.24, 2.45) is 11.8 Å². The molecule has 1 saturated heterocycles. The molecule has 1 amide bonds. The summed E-state index contributed by atoms with van der Waals surface area (Å²) in [6.07, 6.45) is 2.87. The van der Waals surface area contributed by atoms with Gasteiger partial charge in [-0.1, -0.05) is 25.9 Å². The highest BCUT2D eigenvalue weighted by molar-refractivity contribution is 5.91. The standard InChI is InChI=1S/C16H26N2O3/c1-4-7-20-11-13-5-6-18(10-13)16(19)15-9-14(17-21-15)8-12(2)3/h9,12-13H,4-8,10-11H2,1-3H3. The van der Waals surface area contributed by atoms with Gasteiger partial charge in [0.15, 0.2) is 0 Å². The van der Waals surface area contributed by atoms with Gasteiger partial charge in [-0.15, -0.1) is 0 Å². The van der Waals surface area contributed by atoms with Crippen LogP contribution in [0.2, 0.25) is 0 Å². The Balaban J connectivity index is 1.85. The van der Waals surface area contributed by atoms with Gasteiger partial charge in [0.25, 0.3) is 5.91 Å². The van der Waals surface area contributed by atoms with Crippen LogP contribution in [0, 0.1) is 11.8 Å². The lowest BCUT2D eigenvalue weighted by atomic mass is 10.1. The lowest BCUT2D eigenvalue weighted by molar-refractivity contribution is 0.0716. The van der Waals surface area contributed by atoms with E-state index in [1.54, 1.807) is 6.07 Å². The molecule has 5 heteroatoms. The Bertz CT molecular complexity index is 456. The molecule has 0 aliphatic carbocycles. The van der Waals surface area contributed by atoms with E-state index in [0.717, 1.165) is 51.3 Å². The van der Waals surface area contributed by atoms with Gasteiger partial charge in [-0.05, 0) is 25.2 Å². The highest BCUT2D eigenvalue weighted by Crippen LogP contribution is 2.20. The Labute approximate surface area is 126 Å². The Morgan fingerprint density at radius 3 is 3.10 bits per heavy atom. The van der Waals surface area contributed by atoms with Crippen molar-refractivity contribution < 1.29 is 14.1 Å². The Morgan fingerprint density at radius 2 is 2.38 bits per heavy atom. The number of hydrogen-bond donors (Lipinski definition) is 0. The van der Waals surface area contributed by atoms with E-state index >= 15 is 0 Å². The first-order valence-corrected chi connectivity index (χ1v) is 7.92. The first-order valence-electron chi connectivity index (χ1n) is 7.92. The molecule has 0 aromatic carbocycles. The molecule has 2 heterocycles. The summed E-state index contributed by atoms with van der Waals surface area (Å²) in [6.45, 7) is 9.41. The summed E-state index contributed by atoms with van der Waals surface area (Å²) in [5.74, 6) is 1.26.